The van der Waals surface area contributed by atoms with Gasteiger partial charge in [-0.25, -0.2) is 0 Å². The molecule has 104 valence electrons. The van der Waals surface area contributed by atoms with Crippen molar-refractivity contribution in [3.63, 3.8) is 0 Å². The van der Waals surface area contributed by atoms with Crippen molar-refractivity contribution in [1.29, 1.82) is 0 Å². The van der Waals surface area contributed by atoms with Gasteiger partial charge in [0.2, 0.25) is 0 Å². The summed E-state index contributed by atoms with van der Waals surface area (Å²) in [4.78, 5) is 0. The van der Waals surface area contributed by atoms with Gasteiger partial charge in [0.15, 0.2) is 0 Å². The molecular formula is C17H17IO2. The molecule has 20 heavy (non-hydrogen) atoms. The number of rotatable bonds is 3. The van der Waals surface area contributed by atoms with Crippen LogP contribution in [-0.4, -0.2) is 23.7 Å². The van der Waals surface area contributed by atoms with E-state index < -0.39 is 5.60 Å². The molecule has 1 saturated heterocycles. The molecule has 1 aliphatic rings. The molecule has 0 radical (unpaired) electrons. The molecule has 3 rings (SSSR count). The fourth-order valence-corrected chi connectivity index (χ4v) is 3.08. The monoisotopic (exact) mass is 380 g/mol. The Bertz CT molecular complexity index is 502. The Labute approximate surface area is 133 Å². The third-order valence-corrected chi connectivity index (χ3v) is 4.61. The Kier molecular flexibility index (Phi) is 4.38. The van der Waals surface area contributed by atoms with Gasteiger partial charge < -0.3 is 9.47 Å². The fraction of sp³-hybridized carbons (Fsp3) is 0.294. The maximum atomic E-state index is 6.46. The van der Waals surface area contributed by atoms with E-state index in [4.69, 9.17) is 9.47 Å². The molecule has 0 saturated carbocycles. The number of hydrogen-bond donors (Lipinski definition) is 0. The third kappa shape index (κ3) is 2.62. The highest BCUT2D eigenvalue weighted by atomic mass is 127. The molecular weight excluding hydrogens is 363 g/mol. The standard InChI is InChI=1S/C17H17IO2/c18-11-16-12-19-13-17(20-16,14-7-3-1-4-8-14)15-9-5-2-6-10-15/h1-10,16H,11-13H2. The summed E-state index contributed by atoms with van der Waals surface area (Å²) in [6.07, 6.45) is 0.129. The van der Waals surface area contributed by atoms with Crippen molar-refractivity contribution in [2.45, 2.75) is 11.7 Å². The number of halogens is 1. The van der Waals surface area contributed by atoms with Crippen LogP contribution in [0.2, 0.25) is 0 Å². The van der Waals surface area contributed by atoms with Crippen molar-refractivity contribution in [3.8, 4) is 0 Å². The molecule has 0 amide bonds. The van der Waals surface area contributed by atoms with E-state index in [1.165, 1.54) is 0 Å². The van der Waals surface area contributed by atoms with E-state index in [1.54, 1.807) is 0 Å². The second-order valence-electron chi connectivity index (χ2n) is 4.97. The fourth-order valence-electron chi connectivity index (χ4n) is 2.65. The van der Waals surface area contributed by atoms with Crippen LogP contribution in [0.5, 0.6) is 0 Å². The Balaban J connectivity index is 2.08. The minimum atomic E-state index is -0.489. The second kappa shape index (κ2) is 6.24. The van der Waals surface area contributed by atoms with Crippen LogP contribution in [0.15, 0.2) is 60.7 Å². The molecule has 1 aliphatic heterocycles. The van der Waals surface area contributed by atoms with Gasteiger partial charge in [-0.15, -0.1) is 0 Å². The van der Waals surface area contributed by atoms with Crippen molar-refractivity contribution < 1.29 is 9.47 Å². The van der Waals surface area contributed by atoms with Gasteiger partial charge in [-0.1, -0.05) is 83.3 Å². The molecule has 3 heteroatoms. The van der Waals surface area contributed by atoms with Crippen LogP contribution in [0.1, 0.15) is 11.1 Å². The summed E-state index contributed by atoms with van der Waals surface area (Å²) in [6.45, 7) is 1.23. The lowest BCUT2D eigenvalue weighted by atomic mass is 9.86. The zero-order chi connectivity index (χ0) is 13.8. The second-order valence-corrected chi connectivity index (χ2v) is 5.85. The predicted octanol–water partition coefficient (Wildman–Crippen LogP) is 3.78. The van der Waals surface area contributed by atoms with E-state index in [-0.39, 0.29) is 6.10 Å². The zero-order valence-corrected chi connectivity index (χ0v) is 13.3. The van der Waals surface area contributed by atoms with Crippen LogP contribution in [0.25, 0.3) is 0 Å². The number of ether oxygens (including phenoxy) is 2. The van der Waals surface area contributed by atoms with Crippen LogP contribution in [0.3, 0.4) is 0 Å². The molecule has 2 aromatic carbocycles. The van der Waals surface area contributed by atoms with Gasteiger partial charge >= 0.3 is 0 Å². The van der Waals surface area contributed by atoms with Crippen molar-refractivity contribution in [2.75, 3.05) is 17.6 Å². The smallest absolute Gasteiger partial charge is 0.142 e. The van der Waals surface area contributed by atoms with Crippen LogP contribution in [-0.2, 0) is 15.1 Å². The van der Waals surface area contributed by atoms with Crippen LogP contribution in [0.4, 0.5) is 0 Å². The van der Waals surface area contributed by atoms with Crippen molar-refractivity contribution >= 4 is 22.6 Å². The van der Waals surface area contributed by atoms with Crippen molar-refractivity contribution in [3.05, 3.63) is 71.8 Å². The molecule has 2 nitrogen and oxygen atoms in total. The van der Waals surface area contributed by atoms with Gasteiger partial charge in [0.05, 0.1) is 19.3 Å². The molecule has 0 spiro atoms. The van der Waals surface area contributed by atoms with Gasteiger partial charge in [-0.2, -0.15) is 0 Å². The average molecular weight is 380 g/mol. The summed E-state index contributed by atoms with van der Waals surface area (Å²) >= 11 is 2.36. The largest absolute Gasteiger partial charge is 0.375 e. The van der Waals surface area contributed by atoms with Gasteiger partial charge in [-0.3, -0.25) is 0 Å². The quantitative estimate of drug-likeness (QED) is 0.596. The number of hydrogen-bond acceptors (Lipinski definition) is 2. The highest BCUT2D eigenvalue weighted by molar-refractivity contribution is 14.1. The molecule has 0 aliphatic carbocycles. The van der Waals surface area contributed by atoms with Crippen molar-refractivity contribution in [1.82, 2.24) is 0 Å². The highest BCUT2D eigenvalue weighted by Gasteiger charge is 2.41. The first kappa shape index (κ1) is 14.0. The topological polar surface area (TPSA) is 18.5 Å². The van der Waals surface area contributed by atoms with E-state index in [9.17, 15) is 0 Å². The lowest BCUT2D eigenvalue weighted by molar-refractivity contribution is -0.175. The SMILES string of the molecule is ICC1COCC(c2ccccc2)(c2ccccc2)O1. The molecule has 1 atom stereocenters. The Morgan fingerprint density at radius 3 is 2.00 bits per heavy atom. The summed E-state index contributed by atoms with van der Waals surface area (Å²) < 4.78 is 13.3. The van der Waals surface area contributed by atoms with Crippen LogP contribution < -0.4 is 0 Å². The first-order valence-electron chi connectivity index (χ1n) is 6.78. The number of benzene rings is 2. The van der Waals surface area contributed by atoms with E-state index >= 15 is 0 Å². The molecule has 1 unspecified atom stereocenters. The summed E-state index contributed by atoms with van der Waals surface area (Å²) in [6, 6.07) is 20.7. The maximum absolute atomic E-state index is 6.46. The summed E-state index contributed by atoms with van der Waals surface area (Å²) in [5.41, 5.74) is 1.82. The van der Waals surface area contributed by atoms with Crippen molar-refractivity contribution in [2.24, 2.45) is 0 Å². The Morgan fingerprint density at radius 2 is 1.50 bits per heavy atom. The number of alkyl halides is 1. The van der Waals surface area contributed by atoms with Gasteiger partial charge in [-0.05, 0) is 11.1 Å². The highest BCUT2D eigenvalue weighted by Crippen LogP contribution is 2.37. The summed E-state index contributed by atoms with van der Waals surface area (Å²) in [5.74, 6) is 0. The molecule has 0 bridgehead atoms. The molecule has 2 aromatic rings. The van der Waals surface area contributed by atoms with Crippen LogP contribution in [0, 0.1) is 0 Å². The first-order valence-corrected chi connectivity index (χ1v) is 8.30. The van der Waals surface area contributed by atoms with Crippen LogP contribution >= 0.6 is 22.6 Å². The lowest BCUT2D eigenvalue weighted by Gasteiger charge is -2.41. The van der Waals surface area contributed by atoms with E-state index in [0.717, 1.165) is 15.6 Å². The maximum Gasteiger partial charge on any atom is 0.142 e. The normalized spacial score (nSPS) is 21.6. The molecule has 1 fully saturated rings. The first-order chi connectivity index (χ1) is 9.85. The molecule has 0 N–H and O–H groups in total. The van der Waals surface area contributed by atoms with E-state index in [1.807, 2.05) is 12.1 Å². The predicted molar refractivity (Wildman–Crippen MR) is 88.2 cm³/mol. The average Bonchev–Trinajstić information content (AvgIpc) is 2.56. The Morgan fingerprint density at radius 1 is 0.950 bits per heavy atom. The van der Waals surface area contributed by atoms with Gasteiger partial charge in [0.25, 0.3) is 0 Å². The van der Waals surface area contributed by atoms with E-state index in [0.29, 0.717) is 13.2 Å². The Hall–Kier alpha value is -0.910. The third-order valence-electron chi connectivity index (χ3n) is 3.63. The summed E-state index contributed by atoms with van der Waals surface area (Å²) in [5, 5.41) is 0. The minimum Gasteiger partial charge on any atom is -0.375 e. The molecule has 1 heterocycles. The molecule has 0 aromatic heterocycles. The van der Waals surface area contributed by atoms with Gasteiger partial charge in [0, 0.05) is 4.43 Å². The minimum absolute atomic E-state index is 0.129. The van der Waals surface area contributed by atoms with Gasteiger partial charge in [0.1, 0.15) is 5.60 Å². The lowest BCUT2D eigenvalue weighted by Crippen LogP contribution is -2.46. The summed E-state index contributed by atoms with van der Waals surface area (Å²) in [7, 11) is 0. The van der Waals surface area contributed by atoms with E-state index in [2.05, 4.69) is 71.1 Å². The zero-order valence-electron chi connectivity index (χ0n) is 11.2.